The van der Waals surface area contributed by atoms with Crippen molar-refractivity contribution in [2.45, 2.75) is 0 Å². The second kappa shape index (κ2) is 10.5. The van der Waals surface area contributed by atoms with Crippen LogP contribution in [0.5, 0.6) is 0 Å². The summed E-state index contributed by atoms with van der Waals surface area (Å²) in [5.74, 6) is 0. The monoisotopic (exact) mass is 632 g/mol. The lowest BCUT2D eigenvalue weighted by atomic mass is 9.81. The van der Waals surface area contributed by atoms with Crippen molar-refractivity contribution >= 4 is 64.6 Å². The van der Waals surface area contributed by atoms with Crippen molar-refractivity contribution in [3.63, 3.8) is 0 Å². The van der Waals surface area contributed by atoms with Crippen LogP contribution in [-0.4, -0.2) is 0 Å². The number of rotatable bonds is 4. The first-order chi connectivity index (χ1) is 25.7. The van der Waals surface area contributed by atoms with E-state index in [4.69, 9.17) is 0 Å². The summed E-state index contributed by atoms with van der Waals surface area (Å²) in [5.41, 5.74) is 7.12. The zero-order valence-corrected chi connectivity index (χ0v) is 27.2. The van der Waals surface area contributed by atoms with Crippen LogP contribution in [0.15, 0.2) is 182 Å². The third-order valence-corrected chi connectivity index (χ3v) is 10.7. The van der Waals surface area contributed by atoms with Gasteiger partial charge in [0.25, 0.3) is 0 Å². The normalized spacial score (nSPS) is 12.6. The Balaban J connectivity index is 1.34. The van der Waals surface area contributed by atoms with Crippen LogP contribution in [0.1, 0.15) is 2.74 Å². The van der Waals surface area contributed by atoms with Crippen LogP contribution in [0.2, 0.25) is 0 Å². The van der Waals surface area contributed by atoms with Crippen LogP contribution in [-0.2, 0) is 0 Å². The van der Waals surface area contributed by atoms with Crippen LogP contribution in [0, 0.1) is 0 Å². The average molecular weight is 633 g/mol. The largest absolute Gasteiger partial charge is 0.0636 e. The highest BCUT2D eigenvalue weighted by Gasteiger charge is 2.21. The molecule has 0 nitrogen and oxygen atoms in total. The van der Waals surface area contributed by atoms with Crippen LogP contribution >= 0.6 is 0 Å². The summed E-state index contributed by atoms with van der Waals surface area (Å²) in [6.45, 7) is 0. The van der Waals surface area contributed by atoms with Gasteiger partial charge in [-0.25, -0.2) is 0 Å². The first kappa shape index (κ1) is 25.5. The molecule has 0 spiro atoms. The van der Waals surface area contributed by atoms with Gasteiger partial charge in [0.2, 0.25) is 0 Å². The maximum Gasteiger partial charge on any atom is 0.0636 e. The summed E-state index contributed by atoms with van der Waals surface area (Å²) in [6, 6.07) is 60.8. The summed E-state index contributed by atoms with van der Waals surface area (Å²) in [4.78, 5) is 0. The molecule has 0 bridgehead atoms. The van der Waals surface area contributed by atoms with Crippen LogP contribution < -0.4 is 0 Å². The van der Waals surface area contributed by atoms with E-state index in [0.717, 1.165) is 55.1 Å². The van der Waals surface area contributed by atoms with Gasteiger partial charge in [-0.3, -0.25) is 0 Å². The van der Waals surface area contributed by atoms with Gasteiger partial charge < -0.3 is 0 Å². The zero-order chi connectivity index (χ0) is 34.5. The van der Waals surface area contributed by atoms with Crippen molar-refractivity contribution < 1.29 is 2.74 Å². The lowest BCUT2D eigenvalue weighted by molar-refractivity contribution is 1.56. The summed E-state index contributed by atoms with van der Waals surface area (Å²) in [5, 5.41) is 14.2. The van der Waals surface area contributed by atoms with Gasteiger partial charge >= 0.3 is 0 Å². The van der Waals surface area contributed by atoms with Crippen molar-refractivity contribution in [2.75, 3.05) is 0 Å². The summed E-state index contributed by atoms with van der Waals surface area (Å²) < 4.78 is 20.5. The Labute approximate surface area is 293 Å². The molecule has 50 heavy (non-hydrogen) atoms. The predicted molar refractivity (Wildman–Crippen MR) is 216 cm³/mol. The van der Waals surface area contributed by atoms with E-state index in [1.807, 2.05) is 24.3 Å². The van der Waals surface area contributed by atoms with Crippen molar-refractivity contribution in [2.24, 2.45) is 0 Å². The standard InChI is InChI=1S/C50H30/c1-3-9-31(10-4-1)44-29-39(40-25-21-37-19-17-33-13-7-15-35-23-27-42(40)49(37)46(33)35)30-45(48(44)32-11-5-2-6-12-32)41-26-22-38-20-18-34-14-8-16-36-24-28-43(41)50(38)47(34)36/h1-30H/i29D,30D. The highest BCUT2D eigenvalue weighted by atomic mass is 14.2. The second-order valence-electron chi connectivity index (χ2n) is 13.4. The molecule has 0 N–H and O–H groups in total. The molecule has 0 radical (unpaired) electrons. The number of hydrogen-bond acceptors (Lipinski definition) is 0. The zero-order valence-electron chi connectivity index (χ0n) is 29.2. The minimum absolute atomic E-state index is 0.367. The van der Waals surface area contributed by atoms with E-state index in [0.29, 0.717) is 17.6 Å². The van der Waals surface area contributed by atoms with E-state index in [2.05, 4.69) is 146 Å². The van der Waals surface area contributed by atoms with Crippen molar-refractivity contribution in [1.82, 2.24) is 0 Å². The second-order valence-corrected chi connectivity index (χ2v) is 13.4. The van der Waals surface area contributed by atoms with Crippen molar-refractivity contribution in [3.05, 3.63) is 182 Å². The van der Waals surface area contributed by atoms with Gasteiger partial charge in [-0.15, -0.1) is 0 Å². The summed E-state index contributed by atoms with van der Waals surface area (Å²) in [7, 11) is 0. The molecule has 0 atom stereocenters. The quantitative estimate of drug-likeness (QED) is 0.169. The van der Waals surface area contributed by atoms with Gasteiger partial charge in [0.15, 0.2) is 0 Å². The molecule has 11 rings (SSSR count). The molecule has 0 saturated carbocycles. The van der Waals surface area contributed by atoms with Gasteiger partial charge in [-0.1, -0.05) is 170 Å². The smallest absolute Gasteiger partial charge is 0.0622 e. The fraction of sp³-hybridized carbons (Fsp3) is 0. The fourth-order valence-electron chi connectivity index (χ4n) is 8.49. The van der Waals surface area contributed by atoms with E-state index in [1.165, 1.54) is 48.5 Å². The molecule has 0 aromatic heterocycles. The van der Waals surface area contributed by atoms with E-state index >= 15 is 0 Å². The van der Waals surface area contributed by atoms with E-state index in [1.54, 1.807) is 0 Å². The lowest BCUT2D eigenvalue weighted by Crippen LogP contribution is -1.95. The minimum atomic E-state index is 0.367. The maximum atomic E-state index is 10.4. The molecule has 0 amide bonds. The third-order valence-electron chi connectivity index (χ3n) is 10.7. The molecule has 0 aliphatic heterocycles. The molecule has 0 saturated heterocycles. The Morgan fingerprint density at radius 2 is 0.680 bits per heavy atom. The molecule has 0 unspecified atom stereocenters. The molecule has 0 heteroatoms. The minimum Gasteiger partial charge on any atom is -0.0622 e. The Morgan fingerprint density at radius 3 is 1.24 bits per heavy atom. The van der Waals surface area contributed by atoms with E-state index < -0.39 is 0 Å². The molecular weight excluding hydrogens is 601 g/mol. The van der Waals surface area contributed by atoms with E-state index in [-0.39, 0.29) is 0 Å². The fourth-order valence-corrected chi connectivity index (χ4v) is 8.49. The van der Waals surface area contributed by atoms with Gasteiger partial charge in [0.05, 0.1) is 2.74 Å². The maximum absolute atomic E-state index is 10.4. The molecule has 0 heterocycles. The topological polar surface area (TPSA) is 0 Å². The van der Waals surface area contributed by atoms with Crippen molar-refractivity contribution in [3.8, 4) is 44.5 Å². The first-order valence-corrected chi connectivity index (χ1v) is 17.3. The van der Waals surface area contributed by atoms with Gasteiger partial charge in [0, 0.05) is 0 Å². The molecule has 230 valence electrons. The van der Waals surface area contributed by atoms with Crippen molar-refractivity contribution in [1.29, 1.82) is 0 Å². The predicted octanol–water partition coefficient (Wildman–Crippen LogP) is 14.1. The van der Waals surface area contributed by atoms with Crippen LogP contribution in [0.25, 0.3) is 109 Å². The molecule has 0 aliphatic rings. The molecular formula is C50H30. The first-order valence-electron chi connectivity index (χ1n) is 18.3. The highest BCUT2D eigenvalue weighted by molar-refractivity contribution is 6.27. The Bertz CT molecular complexity index is 3150. The summed E-state index contributed by atoms with van der Waals surface area (Å²) >= 11 is 0. The number of benzene rings is 11. The number of hydrogen-bond donors (Lipinski definition) is 0. The molecule has 0 aliphatic carbocycles. The van der Waals surface area contributed by atoms with Gasteiger partial charge in [0.1, 0.15) is 0 Å². The SMILES string of the molecule is [2H]c1c(-c2ccc3ccc4cccc5ccc2c3c45)c([2H])c(-c2ccc3ccc4cccc5ccc2c3c45)c(-c2ccccc2)c1-c1ccccc1. The highest BCUT2D eigenvalue weighted by Crippen LogP contribution is 2.48. The van der Waals surface area contributed by atoms with Gasteiger partial charge in [-0.05, 0) is 121 Å². The Kier molecular flexibility index (Phi) is 5.36. The molecule has 0 fully saturated rings. The van der Waals surface area contributed by atoms with E-state index in [9.17, 15) is 2.74 Å². The van der Waals surface area contributed by atoms with Gasteiger partial charge in [-0.2, -0.15) is 0 Å². The summed E-state index contributed by atoms with van der Waals surface area (Å²) in [6.07, 6.45) is 0. The average Bonchev–Trinajstić information content (AvgIpc) is 3.20. The Hall–Kier alpha value is -6.50. The Morgan fingerprint density at radius 1 is 0.260 bits per heavy atom. The third kappa shape index (κ3) is 3.94. The molecule has 11 aromatic carbocycles. The lowest BCUT2D eigenvalue weighted by Gasteiger charge is -2.22. The molecule has 11 aromatic rings. The van der Waals surface area contributed by atoms with Crippen LogP contribution in [0.4, 0.5) is 0 Å². The van der Waals surface area contributed by atoms with Crippen LogP contribution in [0.3, 0.4) is 0 Å².